The zero-order chi connectivity index (χ0) is 23.0. The van der Waals surface area contributed by atoms with Gasteiger partial charge in [0.2, 0.25) is 11.6 Å². The van der Waals surface area contributed by atoms with E-state index < -0.39 is 11.6 Å². The number of benzene rings is 2. The Morgan fingerprint density at radius 2 is 1.88 bits per heavy atom. The monoisotopic (exact) mass is 445 g/mol. The molecule has 1 fully saturated rings. The van der Waals surface area contributed by atoms with Gasteiger partial charge in [-0.05, 0) is 30.3 Å². The van der Waals surface area contributed by atoms with Gasteiger partial charge in [0.15, 0.2) is 0 Å². The van der Waals surface area contributed by atoms with Gasteiger partial charge in [-0.25, -0.2) is 0 Å². The number of methoxy groups -OCH3 is 1. The van der Waals surface area contributed by atoms with Crippen LogP contribution in [-0.4, -0.2) is 35.4 Å². The quantitative estimate of drug-likeness (QED) is 0.630. The Bertz CT molecular complexity index is 1220. The summed E-state index contributed by atoms with van der Waals surface area (Å²) in [5.74, 6) is 0.229. The summed E-state index contributed by atoms with van der Waals surface area (Å²) in [4.78, 5) is 43.5. The number of fused-ring (bicyclic) bond motifs is 3. The van der Waals surface area contributed by atoms with Gasteiger partial charge in [0.1, 0.15) is 11.5 Å². The van der Waals surface area contributed by atoms with Crippen molar-refractivity contribution in [1.29, 1.82) is 0 Å². The summed E-state index contributed by atoms with van der Waals surface area (Å²) in [5.41, 5.74) is 0.137. The lowest BCUT2D eigenvalue weighted by Crippen LogP contribution is -2.70. The number of rotatable bonds is 6. The normalized spacial score (nSPS) is 19.3. The Morgan fingerprint density at radius 3 is 2.67 bits per heavy atom. The van der Waals surface area contributed by atoms with E-state index in [0.29, 0.717) is 22.8 Å². The van der Waals surface area contributed by atoms with E-state index >= 15 is 0 Å². The molecule has 0 saturated carbocycles. The number of nitrogens with one attached hydrogen (secondary N) is 1. The molecule has 8 nitrogen and oxygen atoms in total. The molecule has 2 aliphatic heterocycles. The van der Waals surface area contributed by atoms with Crippen LogP contribution < -0.4 is 15.0 Å². The highest BCUT2D eigenvalue weighted by atomic mass is 16.5. The lowest BCUT2D eigenvalue weighted by Gasteiger charge is -2.48. The molecule has 1 atom stereocenters. The molecule has 1 aromatic heterocycles. The molecule has 33 heavy (non-hydrogen) atoms. The van der Waals surface area contributed by atoms with Crippen LogP contribution in [0, 0.1) is 0 Å². The second kappa shape index (κ2) is 8.12. The van der Waals surface area contributed by atoms with Crippen LogP contribution >= 0.6 is 0 Å². The van der Waals surface area contributed by atoms with Gasteiger partial charge in [-0.1, -0.05) is 30.3 Å². The lowest BCUT2D eigenvalue weighted by molar-refractivity contribution is -0.134. The number of carbonyl (C=O) groups excluding carboxylic acids is 3. The van der Waals surface area contributed by atoms with Crippen molar-refractivity contribution < 1.29 is 23.5 Å². The SMILES string of the molecule is COc1ccccc1CNC(=O)[C@@]12CCC(=O)N1c1ccccc1C(=O)N2Cc1ccco1. The van der Waals surface area contributed by atoms with E-state index in [0.717, 1.165) is 5.56 Å². The molecular weight excluding hydrogens is 422 g/mol. The molecule has 5 rings (SSSR count). The number of hydrogen-bond donors (Lipinski definition) is 1. The maximum Gasteiger partial charge on any atom is 0.267 e. The minimum atomic E-state index is -1.49. The van der Waals surface area contributed by atoms with E-state index in [-0.39, 0.29) is 37.7 Å². The summed E-state index contributed by atoms with van der Waals surface area (Å²) in [6.07, 6.45) is 1.85. The Morgan fingerprint density at radius 1 is 1.09 bits per heavy atom. The van der Waals surface area contributed by atoms with Crippen molar-refractivity contribution in [2.45, 2.75) is 31.6 Å². The summed E-state index contributed by atoms with van der Waals surface area (Å²) in [7, 11) is 1.57. The van der Waals surface area contributed by atoms with Crippen molar-refractivity contribution >= 4 is 23.4 Å². The average molecular weight is 445 g/mol. The van der Waals surface area contributed by atoms with E-state index in [1.54, 1.807) is 43.5 Å². The maximum absolute atomic E-state index is 13.8. The first-order valence-corrected chi connectivity index (χ1v) is 10.7. The molecule has 0 unspecified atom stereocenters. The van der Waals surface area contributed by atoms with Gasteiger partial charge in [-0.15, -0.1) is 0 Å². The molecule has 2 aromatic carbocycles. The minimum Gasteiger partial charge on any atom is -0.496 e. The van der Waals surface area contributed by atoms with E-state index in [9.17, 15) is 14.4 Å². The predicted molar refractivity (Wildman–Crippen MR) is 119 cm³/mol. The summed E-state index contributed by atoms with van der Waals surface area (Å²) < 4.78 is 10.9. The zero-order valence-electron chi connectivity index (χ0n) is 18.1. The van der Waals surface area contributed by atoms with E-state index in [4.69, 9.17) is 9.15 Å². The molecule has 0 radical (unpaired) electrons. The minimum absolute atomic E-state index is 0.0615. The third-order valence-corrected chi connectivity index (χ3v) is 6.26. The topological polar surface area (TPSA) is 92.1 Å². The fourth-order valence-corrected chi connectivity index (χ4v) is 4.73. The Labute approximate surface area is 190 Å². The van der Waals surface area contributed by atoms with Gasteiger partial charge >= 0.3 is 0 Å². The molecule has 8 heteroatoms. The highest BCUT2D eigenvalue weighted by Gasteiger charge is 2.60. The van der Waals surface area contributed by atoms with E-state index in [1.165, 1.54) is 16.1 Å². The molecule has 2 aliphatic rings. The molecule has 0 aliphatic carbocycles. The van der Waals surface area contributed by atoms with E-state index in [1.807, 2.05) is 24.3 Å². The summed E-state index contributed by atoms with van der Waals surface area (Å²) in [5, 5.41) is 2.95. The largest absolute Gasteiger partial charge is 0.496 e. The molecule has 1 N–H and O–H groups in total. The molecule has 168 valence electrons. The fraction of sp³-hybridized carbons (Fsp3) is 0.240. The molecular formula is C25H23N3O5. The first kappa shape index (κ1) is 20.8. The van der Waals surface area contributed by atoms with Crippen molar-refractivity contribution in [2.24, 2.45) is 0 Å². The number of hydrogen-bond acceptors (Lipinski definition) is 5. The number of carbonyl (C=O) groups is 3. The standard InChI is InChI=1S/C25H23N3O5/c1-32-21-11-5-2-7-17(21)15-26-24(31)25-13-12-22(29)28(25)20-10-4-3-9-19(20)23(30)27(25)16-18-8-6-14-33-18/h2-11,14H,12-13,15-16H2,1H3,(H,26,31)/t25-/m1/s1. The number of anilines is 1. The number of para-hydroxylation sites is 2. The van der Waals surface area contributed by atoms with Crippen LogP contribution in [0.2, 0.25) is 0 Å². The van der Waals surface area contributed by atoms with Crippen LogP contribution in [0.3, 0.4) is 0 Å². The summed E-state index contributed by atoms with van der Waals surface area (Å²) in [6.45, 7) is 0.253. The van der Waals surface area contributed by atoms with Gasteiger partial charge in [-0.2, -0.15) is 0 Å². The van der Waals surface area contributed by atoms with Crippen LogP contribution in [0.4, 0.5) is 5.69 Å². The highest BCUT2D eigenvalue weighted by molar-refractivity contribution is 6.16. The number of amides is 3. The van der Waals surface area contributed by atoms with Crippen molar-refractivity contribution in [3.8, 4) is 5.75 Å². The van der Waals surface area contributed by atoms with Crippen LogP contribution in [0.15, 0.2) is 71.3 Å². The molecule has 3 heterocycles. The van der Waals surface area contributed by atoms with Gasteiger partial charge in [0.25, 0.3) is 11.8 Å². The predicted octanol–water partition coefficient (Wildman–Crippen LogP) is 3.08. The molecule has 3 aromatic rings. The van der Waals surface area contributed by atoms with Crippen LogP contribution in [0.1, 0.15) is 34.5 Å². The number of nitrogens with zero attached hydrogens (tertiary/aromatic N) is 2. The number of furan rings is 1. The third-order valence-electron chi connectivity index (χ3n) is 6.26. The first-order chi connectivity index (χ1) is 16.1. The molecule has 0 spiro atoms. The van der Waals surface area contributed by atoms with Crippen molar-refractivity contribution in [3.05, 3.63) is 83.8 Å². The third kappa shape index (κ3) is 3.26. The van der Waals surface area contributed by atoms with Crippen LogP contribution in [0.25, 0.3) is 0 Å². The highest BCUT2D eigenvalue weighted by Crippen LogP contribution is 2.45. The Balaban J connectivity index is 1.57. The van der Waals surface area contributed by atoms with E-state index in [2.05, 4.69) is 5.32 Å². The second-order valence-corrected chi connectivity index (χ2v) is 8.03. The van der Waals surface area contributed by atoms with Crippen molar-refractivity contribution in [3.63, 3.8) is 0 Å². The van der Waals surface area contributed by atoms with Gasteiger partial charge in [0.05, 0.1) is 31.2 Å². The van der Waals surface area contributed by atoms with Gasteiger partial charge in [-0.3, -0.25) is 24.2 Å². The second-order valence-electron chi connectivity index (χ2n) is 8.03. The average Bonchev–Trinajstić information content (AvgIpc) is 3.48. The Hall–Kier alpha value is -4.07. The zero-order valence-corrected chi connectivity index (χ0v) is 18.1. The lowest BCUT2D eigenvalue weighted by atomic mass is 9.95. The van der Waals surface area contributed by atoms with Gasteiger partial charge < -0.3 is 14.5 Å². The summed E-state index contributed by atoms with van der Waals surface area (Å²) >= 11 is 0. The van der Waals surface area contributed by atoms with Crippen molar-refractivity contribution in [1.82, 2.24) is 10.2 Å². The molecule has 0 bridgehead atoms. The maximum atomic E-state index is 13.8. The first-order valence-electron chi connectivity index (χ1n) is 10.7. The van der Waals surface area contributed by atoms with Crippen LogP contribution in [0.5, 0.6) is 5.75 Å². The van der Waals surface area contributed by atoms with Crippen molar-refractivity contribution in [2.75, 3.05) is 12.0 Å². The fourth-order valence-electron chi connectivity index (χ4n) is 4.73. The molecule has 3 amide bonds. The molecule has 1 saturated heterocycles. The van der Waals surface area contributed by atoms with Crippen LogP contribution in [-0.2, 0) is 22.7 Å². The van der Waals surface area contributed by atoms with Gasteiger partial charge in [0, 0.05) is 24.9 Å². The Kier molecular flexibility index (Phi) is 5.12. The number of ether oxygens (including phenoxy) is 1. The smallest absolute Gasteiger partial charge is 0.267 e. The summed E-state index contributed by atoms with van der Waals surface area (Å²) in [6, 6.07) is 17.7.